The fraction of sp³-hybridized carbons (Fsp3) is 0.818. The lowest BCUT2D eigenvalue weighted by atomic mass is 10.0. The number of carbonyl (C=O) groups excluding carboxylic acids is 1. The van der Waals surface area contributed by atoms with Gasteiger partial charge in [-0.1, -0.05) is 27.2 Å². The molecule has 2 N–H and O–H groups in total. The lowest BCUT2D eigenvalue weighted by Gasteiger charge is -2.16. The van der Waals surface area contributed by atoms with Crippen LogP contribution in [0.25, 0.3) is 0 Å². The Morgan fingerprint density at radius 2 is 2.00 bits per heavy atom. The van der Waals surface area contributed by atoms with Crippen molar-refractivity contribution in [2.24, 2.45) is 5.92 Å². The van der Waals surface area contributed by atoms with Gasteiger partial charge in [0.25, 0.3) is 0 Å². The molecular formula is C11H21NO4. The average Bonchev–Trinajstić information content (AvgIpc) is 2.16. The van der Waals surface area contributed by atoms with Gasteiger partial charge in [0.05, 0.1) is 6.61 Å². The van der Waals surface area contributed by atoms with E-state index in [4.69, 9.17) is 9.84 Å². The molecule has 0 aromatic rings. The number of amides is 1. The molecule has 0 rings (SSSR count). The summed E-state index contributed by atoms with van der Waals surface area (Å²) < 4.78 is 4.83. The van der Waals surface area contributed by atoms with Gasteiger partial charge in [0.15, 0.2) is 0 Å². The Kier molecular flexibility index (Phi) is 7.33. The quantitative estimate of drug-likeness (QED) is 0.657. The van der Waals surface area contributed by atoms with Crippen LogP contribution in [-0.2, 0) is 9.53 Å². The number of alkyl carbamates (subject to hydrolysis) is 1. The summed E-state index contributed by atoms with van der Waals surface area (Å²) in [6.07, 6.45) is 1.47. The Morgan fingerprint density at radius 1 is 1.38 bits per heavy atom. The molecule has 0 fully saturated rings. The number of aliphatic carboxylic acids is 1. The van der Waals surface area contributed by atoms with Crippen molar-refractivity contribution in [3.8, 4) is 0 Å². The van der Waals surface area contributed by atoms with E-state index in [1.807, 2.05) is 20.8 Å². The van der Waals surface area contributed by atoms with E-state index in [-0.39, 0.29) is 5.92 Å². The van der Waals surface area contributed by atoms with Crippen molar-refractivity contribution in [1.82, 2.24) is 5.32 Å². The van der Waals surface area contributed by atoms with E-state index in [1.165, 1.54) is 0 Å². The molecule has 5 nitrogen and oxygen atoms in total. The highest BCUT2D eigenvalue weighted by atomic mass is 16.5. The minimum Gasteiger partial charge on any atom is -0.480 e. The Morgan fingerprint density at radius 3 is 2.44 bits per heavy atom. The van der Waals surface area contributed by atoms with Crippen LogP contribution in [0, 0.1) is 5.92 Å². The molecule has 0 aliphatic heterocycles. The lowest BCUT2D eigenvalue weighted by molar-refractivity contribution is -0.139. The number of ether oxygens (including phenoxy) is 1. The van der Waals surface area contributed by atoms with Crippen LogP contribution in [0.4, 0.5) is 4.79 Å². The fourth-order valence-electron chi connectivity index (χ4n) is 1.19. The Bertz CT molecular complexity index is 228. The molecule has 0 aromatic heterocycles. The van der Waals surface area contributed by atoms with Gasteiger partial charge >= 0.3 is 12.1 Å². The van der Waals surface area contributed by atoms with Gasteiger partial charge in [0.1, 0.15) is 6.04 Å². The summed E-state index contributed by atoms with van der Waals surface area (Å²) in [5.74, 6) is -0.821. The van der Waals surface area contributed by atoms with Gasteiger partial charge < -0.3 is 15.2 Å². The molecule has 0 unspecified atom stereocenters. The molecule has 0 aliphatic rings. The van der Waals surface area contributed by atoms with Crippen molar-refractivity contribution < 1.29 is 19.4 Å². The molecule has 94 valence electrons. The largest absolute Gasteiger partial charge is 0.480 e. The topological polar surface area (TPSA) is 75.6 Å². The highest BCUT2D eigenvalue weighted by Gasteiger charge is 2.21. The minimum absolute atomic E-state index is 0.206. The number of carboxylic acids is 1. The van der Waals surface area contributed by atoms with Crippen LogP contribution in [0.15, 0.2) is 0 Å². The normalized spacial score (nSPS) is 12.2. The van der Waals surface area contributed by atoms with Gasteiger partial charge in [-0.25, -0.2) is 9.59 Å². The van der Waals surface area contributed by atoms with Gasteiger partial charge in [-0.15, -0.1) is 0 Å². The van der Waals surface area contributed by atoms with Crippen LogP contribution in [0.5, 0.6) is 0 Å². The standard InChI is InChI=1S/C11H21NO4/c1-4-5-6-16-11(15)12-9(10(13)14)7-8(2)3/h8-9H,4-7H2,1-3H3,(H,12,15)(H,13,14)/t9-/m0/s1. The maximum Gasteiger partial charge on any atom is 0.407 e. The van der Waals surface area contributed by atoms with Crippen molar-refractivity contribution in [2.75, 3.05) is 6.61 Å². The Balaban J connectivity index is 3.98. The van der Waals surface area contributed by atoms with E-state index in [0.717, 1.165) is 12.8 Å². The molecular weight excluding hydrogens is 210 g/mol. The molecule has 0 aromatic carbocycles. The zero-order chi connectivity index (χ0) is 12.6. The third-order valence-electron chi connectivity index (χ3n) is 2.03. The molecule has 0 radical (unpaired) electrons. The second-order valence-corrected chi connectivity index (χ2v) is 4.15. The summed E-state index contributed by atoms with van der Waals surface area (Å²) in [5, 5.41) is 11.2. The molecule has 0 heterocycles. The van der Waals surface area contributed by atoms with E-state index in [2.05, 4.69) is 5.32 Å². The zero-order valence-corrected chi connectivity index (χ0v) is 10.2. The fourth-order valence-corrected chi connectivity index (χ4v) is 1.19. The number of unbranched alkanes of at least 4 members (excludes halogenated alkanes) is 1. The number of carboxylic acid groups (broad SMARTS) is 1. The summed E-state index contributed by atoms with van der Waals surface area (Å²) >= 11 is 0. The SMILES string of the molecule is CCCCOC(=O)N[C@@H](CC(C)C)C(=O)O. The van der Waals surface area contributed by atoms with Crippen LogP contribution < -0.4 is 5.32 Å². The van der Waals surface area contributed by atoms with Crippen molar-refractivity contribution in [3.63, 3.8) is 0 Å². The Labute approximate surface area is 96.2 Å². The summed E-state index contributed by atoms with van der Waals surface area (Å²) in [6, 6.07) is -0.867. The lowest BCUT2D eigenvalue weighted by Crippen LogP contribution is -2.42. The van der Waals surface area contributed by atoms with Gasteiger partial charge in [-0.05, 0) is 18.8 Å². The van der Waals surface area contributed by atoms with Crippen molar-refractivity contribution >= 4 is 12.1 Å². The highest BCUT2D eigenvalue weighted by molar-refractivity contribution is 5.79. The molecule has 0 saturated heterocycles. The van der Waals surface area contributed by atoms with Crippen molar-refractivity contribution in [1.29, 1.82) is 0 Å². The van der Waals surface area contributed by atoms with Crippen LogP contribution in [-0.4, -0.2) is 29.8 Å². The highest BCUT2D eigenvalue weighted by Crippen LogP contribution is 2.05. The Hall–Kier alpha value is -1.26. The smallest absolute Gasteiger partial charge is 0.407 e. The molecule has 1 atom stereocenters. The van der Waals surface area contributed by atoms with E-state index < -0.39 is 18.1 Å². The van der Waals surface area contributed by atoms with E-state index in [9.17, 15) is 9.59 Å². The second kappa shape index (κ2) is 7.96. The minimum atomic E-state index is -1.03. The number of hydrogen-bond donors (Lipinski definition) is 2. The first-order valence-corrected chi connectivity index (χ1v) is 5.63. The predicted molar refractivity (Wildman–Crippen MR) is 60.3 cm³/mol. The van der Waals surface area contributed by atoms with E-state index in [0.29, 0.717) is 13.0 Å². The molecule has 1 amide bonds. The van der Waals surface area contributed by atoms with E-state index in [1.54, 1.807) is 0 Å². The second-order valence-electron chi connectivity index (χ2n) is 4.15. The van der Waals surface area contributed by atoms with Crippen molar-refractivity contribution in [3.05, 3.63) is 0 Å². The monoisotopic (exact) mass is 231 g/mol. The van der Waals surface area contributed by atoms with Gasteiger partial charge in [-0.2, -0.15) is 0 Å². The van der Waals surface area contributed by atoms with E-state index >= 15 is 0 Å². The first kappa shape index (κ1) is 14.7. The number of carbonyl (C=O) groups is 2. The first-order chi connectivity index (χ1) is 7.47. The predicted octanol–water partition coefficient (Wildman–Crippen LogP) is 2.01. The maximum absolute atomic E-state index is 11.2. The van der Waals surface area contributed by atoms with Gasteiger partial charge in [-0.3, -0.25) is 0 Å². The molecule has 0 saturated carbocycles. The molecule has 5 heteroatoms. The summed E-state index contributed by atoms with van der Waals surface area (Å²) in [7, 11) is 0. The summed E-state index contributed by atoms with van der Waals surface area (Å²) in [5.41, 5.74) is 0. The van der Waals surface area contributed by atoms with Crippen LogP contribution in [0.3, 0.4) is 0 Å². The first-order valence-electron chi connectivity index (χ1n) is 5.63. The van der Waals surface area contributed by atoms with Gasteiger partial charge in [0.2, 0.25) is 0 Å². The number of hydrogen-bond acceptors (Lipinski definition) is 3. The molecule has 16 heavy (non-hydrogen) atoms. The van der Waals surface area contributed by atoms with Gasteiger partial charge in [0, 0.05) is 0 Å². The van der Waals surface area contributed by atoms with Crippen LogP contribution in [0.1, 0.15) is 40.0 Å². The number of rotatable bonds is 7. The maximum atomic E-state index is 11.2. The van der Waals surface area contributed by atoms with Crippen LogP contribution >= 0.6 is 0 Å². The molecule has 0 spiro atoms. The molecule has 0 aliphatic carbocycles. The number of nitrogens with one attached hydrogen (secondary N) is 1. The molecule has 0 bridgehead atoms. The third-order valence-corrected chi connectivity index (χ3v) is 2.03. The summed E-state index contributed by atoms with van der Waals surface area (Å²) in [6.45, 7) is 6.12. The third kappa shape index (κ3) is 7.09. The average molecular weight is 231 g/mol. The zero-order valence-electron chi connectivity index (χ0n) is 10.2. The van der Waals surface area contributed by atoms with Crippen LogP contribution in [0.2, 0.25) is 0 Å². The summed E-state index contributed by atoms with van der Waals surface area (Å²) in [4.78, 5) is 22.0. The van der Waals surface area contributed by atoms with Crippen molar-refractivity contribution in [2.45, 2.75) is 46.1 Å².